The molecule has 44 heavy (non-hydrogen) atoms. The Balaban J connectivity index is 1.29. The highest BCUT2D eigenvalue weighted by Crippen LogP contribution is 2.40. The van der Waals surface area contributed by atoms with Crippen LogP contribution in [0.25, 0.3) is 43.2 Å². The van der Waals surface area contributed by atoms with Crippen molar-refractivity contribution in [1.29, 1.82) is 0 Å². The number of hydrogen-bond donors (Lipinski definition) is 3. The van der Waals surface area contributed by atoms with Gasteiger partial charge in [0.2, 0.25) is 15.9 Å². The quantitative estimate of drug-likeness (QED) is 0.0855. The molecule has 0 saturated heterocycles. The maximum Gasteiger partial charge on any atom is 0.328 e. The van der Waals surface area contributed by atoms with E-state index in [4.69, 9.17) is 4.74 Å². The number of benzene rings is 5. The third-order valence-electron chi connectivity index (χ3n) is 7.80. The first kappa shape index (κ1) is 29.0. The van der Waals surface area contributed by atoms with Crippen molar-refractivity contribution in [1.82, 2.24) is 15.0 Å². The summed E-state index contributed by atoms with van der Waals surface area (Å²) < 4.78 is 35.0. The zero-order valence-corrected chi connectivity index (χ0v) is 24.6. The van der Waals surface area contributed by atoms with E-state index in [1.54, 1.807) is 37.4 Å². The second kappa shape index (κ2) is 11.2. The van der Waals surface area contributed by atoms with Gasteiger partial charge in [0.15, 0.2) is 0 Å². The van der Waals surface area contributed by atoms with E-state index in [9.17, 15) is 28.1 Å². The van der Waals surface area contributed by atoms with Gasteiger partial charge in [0, 0.05) is 40.4 Å². The molecule has 1 amide bonds. The van der Waals surface area contributed by atoms with E-state index in [2.05, 4.69) is 15.0 Å². The summed E-state index contributed by atoms with van der Waals surface area (Å²) in [5, 5.41) is 18.6. The molecule has 6 rings (SSSR count). The molecule has 0 aliphatic heterocycles. The fourth-order valence-corrected chi connectivity index (χ4v) is 7.16. The molecule has 0 aliphatic carbocycles. The van der Waals surface area contributed by atoms with Crippen LogP contribution in [0.15, 0.2) is 83.9 Å². The molecule has 224 valence electrons. The number of rotatable bonds is 10. The predicted molar refractivity (Wildman–Crippen MR) is 167 cm³/mol. The van der Waals surface area contributed by atoms with Crippen molar-refractivity contribution in [2.24, 2.45) is 0 Å². The molecule has 2 atom stereocenters. The Labute approximate surface area is 251 Å². The standard InChI is InChI=1S/C32H28N4O7S/c1-3-43-32(38)26(16-21-17-33-25-7-5-4-6-22(21)25)34-31(37)18(2)35-44(41,42)28-15-11-20-9-8-19-10-14-27(36(39)40)23-12-13-24(28)30(20)29(19)23/h4-15,17-18,26,33,35H,3,16H2,1-2H3,(H,34,37)/t18-,26-/m0/s1. The Morgan fingerprint density at radius 2 is 1.59 bits per heavy atom. The number of fused-ring (bicyclic) bond motifs is 1. The summed E-state index contributed by atoms with van der Waals surface area (Å²) in [6.45, 7) is 3.16. The number of amides is 1. The van der Waals surface area contributed by atoms with Crippen molar-refractivity contribution >= 4 is 70.8 Å². The molecule has 6 aromatic rings. The van der Waals surface area contributed by atoms with Gasteiger partial charge in [-0.25, -0.2) is 13.2 Å². The second-order valence-electron chi connectivity index (χ2n) is 10.5. The van der Waals surface area contributed by atoms with Gasteiger partial charge >= 0.3 is 5.97 Å². The van der Waals surface area contributed by atoms with Crippen LogP contribution >= 0.6 is 0 Å². The van der Waals surface area contributed by atoms with Gasteiger partial charge in [-0.2, -0.15) is 4.72 Å². The molecule has 0 saturated carbocycles. The molecule has 1 aromatic heterocycles. The Morgan fingerprint density at radius 1 is 0.932 bits per heavy atom. The van der Waals surface area contributed by atoms with E-state index >= 15 is 0 Å². The summed E-state index contributed by atoms with van der Waals surface area (Å²) in [6, 6.07) is 18.2. The highest BCUT2D eigenvalue weighted by atomic mass is 32.2. The van der Waals surface area contributed by atoms with Crippen molar-refractivity contribution in [3.63, 3.8) is 0 Å². The summed E-state index contributed by atoms with van der Waals surface area (Å²) in [4.78, 5) is 40.4. The fourth-order valence-electron chi connectivity index (χ4n) is 5.76. The molecule has 0 fully saturated rings. The first-order chi connectivity index (χ1) is 21.1. The largest absolute Gasteiger partial charge is 0.464 e. The predicted octanol–water partition coefficient (Wildman–Crippen LogP) is 4.93. The molecule has 0 bridgehead atoms. The number of nitrogens with one attached hydrogen (secondary N) is 3. The topological polar surface area (TPSA) is 160 Å². The first-order valence-electron chi connectivity index (χ1n) is 14.0. The number of sulfonamides is 1. The van der Waals surface area contributed by atoms with Crippen LogP contribution in [0.5, 0.6) is 0 Å². The number of nitro benzene ring substituents is 1. The number of ether oxygens (including phenoxy) is 1. The molecule has 0 aliphatic rings. The zero-order valence-electron chi connectivity index (χ0n) is 23.8. The summed E-state index contributed by atoms with van der Waals surface area (Å²) in [5.41, 5.74) is 1.59. The van der Waals surface area contributed by atoms with Gasteiger partial charge in [0.1, 0.15) is 6.04 Å². The van der Waals surface area contributed by atoms with E-state index in [0.29, 0.717) is 21.5 Å². The summed E-state index contributed by atoms with van der Waals surface area (Å²) in [7, 11) is -4.27. The monoisotopic (exact) mass is 612 g/mol. The molecular formula is C32H28N4O7S. The number of carbonyl (C=O) groups excluding carboxylic acids is 2. The molecular weight excluding hydrogens is 584 g/mol. The maximum atomic E-state index is 13.7. The number of H-pyrrole nitrogens is 1. The lowest BCUT2D eigenvalue weighted by Gasteiger charge is -2.21. The lowest BCUT2D eigenvalue weighted by atomic mass is 9.93. The minimum absolute atomic E-state index is 0.0765. The van der Waals surface area contributed by atoms with Gasteiger partial charge in [0.05, 0.1) is 27.9 Å². The summed E-state index contributed by atoms with van der Waals surface area (Å²) >= 11 is 0. The van der Waals surface area contributed by atoms with Gasteiger partial charge in [-0.1, -0.05) is 42.5 Å². The lowest BCUT2D eigenvalue weighted by Crippen LogP contribution is -2.51. The first-order valence-corrected chi connectivity index (χ1v) is 15.5. The Kier molecular flexibility index (Phi) is 7.39. The third-order valence-corrected chi connectivity index (χ3v) is 9.40. The molecule has 11 nitrogen and oxygen atoms in total. The number of hydrogen-bond acceptors (Lipinski definition) is 7. The molecule has 0 radical (unpaired) electrons. The van der Waals surface area contributed by atoms with Crippen LogP contribution in [0.2, 0.25) is 0 Å². The minimum atomic E-state index is -4.27. The third kappa shape index (κ3) is 5.07. The van der Waals surface area contributed by atoms with Crippen molar-refractivity contribution in [2.75, 3.05) is 6.61 Å². The number of nitrogens with zero attached hydrogens (tertiary/aromatic N) is 1. The number of esters is 1. The highest BCUT2D eigenvalue weighted by molar-refractivity contribution is 7.89. The SMILES string of the molecule is CCOC(=O)[C@H](Cc1c[nH]c2ccccc12)NC(=O)[C@H](C)NS(=O)(=O)c1ccc2ccc3ccc([N+](=O)[O-])c4ccc1c2c34. The van der Waals surface area contributed by atoms with Crippen LogP contribution in [0.1, 0.15) is 19.4 Å². The number of carbonyl (C=O) groups is 2. The Bertz CT molecular complexity index is 2190. The molecule has 3 N–H and O–H groups in total. The number of non-ortho nitro benzene ring substituents is 1. The van der Waals surface area contributed by atoms with Gasteiger partial charge in [0.25, 0.3) is 5.69 Å². The molecule has 0 spiro atoms. The van der Waals surface area contributed by atoms with Crippen molar-refractivity contribution < 1.29 is 27.7 Å². The van der Waals surface area contributed by atoms with Crippen LogP contribution in [0, 0.1) is 10.1 Å². The van der Waals surface area contributed by atoms with Crippen molar-refractivity contribution in [3.8, 4) is 0 Å². The normalized spacial score (nSPS) is 13.4. The van der Waals surface area contributed by atoms with E-state index in [1.165, 1.54) is 19.1 Å². The van der Waals surface area contributed by atoms with E-state index < -0.39 is 38.9 Å². The number of aromatic nitrogens is 1. The van der Waals surface area contributed by atoms with E-state index in [1.807, 2.05) is 36.4 Å². The number of para-hydroxylation sites is 1. The van der Waals surface area contributed by atoms with Crippen LogP contribution in [0.4, 0.5) is 5.69 Å². The second-order valence-corrected chi connectivity index (χ2v) is 12.2. The minimum Gasteiger partial charge on any atom is -0.464 e. The summed E-state index contributed by atoms with van der Waals surface area (Å²) in [6.07, 6.45) is 1.90. The summed E-state index contributed by atoms with van der Waals surface area (Å²) in [5.74, 6) is -1.35. The smallest absolute Gasteiger partial charge is 0.328 e. The van der Waals surface area contributed by atoms with Crippen molar-refractivity contribution in [2.45, 2.75) is 37.2 Å². The molecule has 0 unspecified atom stereocenters. The molecule has 12 heteroatoms. The zero-order chi connectivity index (χ0) is 31.2. The van der Waals surface area contributed by atoms with Crippen LogP contribution in [-0.4, -0.2) is 48.9 Å². The average molecular weight is 613 g/mol. The Morgan fingerprint density at radius 3 is 2.32 bits per heavy atom. The highest BCUT2D eigenvalue weighted by Gasteiger charge is 2.30. The van der Waals surface area contributed by atoms with Gasteiger partial charge in [-0.15, -0.1) is 0 Å². The van der Waals surface area contributed by atoms with Crippen LogP contribution in [-0.2, 0) is 30.8 Å². The van der Waals surface area contributed by atoms with Crippen LogP contribution < -0.4 is 10.0 Å². The molecule has 1 heterocycles. The van der Waals surface area contributed by atoms with E-state index in [0.717, 1.165) is 27.2 Å². The fraction of sp³-hybridized carbons (Fsp3) is 0.188. The maximum absolute atomic E-state index is 13.7. The van der Waals surface area contributed by atoms with Crippen LogP contribution in [0.3, 0.4) is 0 Å². The Hall–Kier alpha value is -5.07. The molecule has 5 aromatic carbocycles. The van der Waals surface area contributed by atoms with Gasteiger partial charge in [-0.3, -0.25) is 14.9 Å². The van der Waals surface area contributed by atoms with Crippen molar-refractivity contribution in [3.05, 3.63) is 94.7 Å². The lowest BCUT2D eigenvalue weighted by molar-refractivity contribution is -0.383. The van der Waals surface area contributed by atoms with Gasteiger partial charge < -0.3 is 15.0 Å². The average Bonchev–Trinajstić information content (AvgIpc) is 3.41. The van der Waals surface area contributed by atoms with Gasteiger partial charge in [-0.05, 0) is 59.8 Å². The number of aromatic amines is 1. The number of nitro groups is 1. The van der Waals surface area contributed by atoms with E-state index in [-0.39, 0.29) is 23.6 Å².